The van der Waals surface area contributed by atoms with Crippen molar-refractivity contribution >= 4 is 11.6 Å². The number of anilines is 1. The minimum atomic E-state index is 0.143. The van der Waals surface area contributed by atoms with Gasteiger partial charge in [-0.2, -0.15) is 0 Å². The Balaban J connectivity index is 1.45. The van der Waals surface area contributed by atoms with Gasteiger partial charge in [-0.25, -0.2) is 0 Å². The van der Waals surface area contributed by atoms with Gasteiger partial charge in [-0.3, -0.25) is 4.79 Å². The van der Waals surface area contributed by atoms with Gasteiger partial charge >= 0.3 is 0 Å². The van der Waals surface area contributed by atoms with E-state index in [9.17, 15) is 4.79 Å². The zero-order chi connectivity index (χ0) is 15.2. The first-order valence-corrected chi connectivity index (χ1v) is 7.89. The molecule has 1 aliphatic carbocycles. The lowest BCUT2D eigenvalue weighted by atomic mass is 9.85. The van der Waals surface area contributed by atoms with Crippen molar-refractivity contribution in [3.8, 4) is 5.75 Å². The minimum Gasteiger partial charge on any atom is -0.493 e. The van der Waals surface area contributed by atoms with Crippen molar-refractivity contribution in [1.29, 1.82) is 0 Å². The molecule has 2 aromatic carbocycles. The zero-order valence-electron chi connectivity index (χ0n) is 12.6. The average molecular weight is 295 g/mol. The third-order valence-electron chi connectivity index (χ3n) is 4.10. The second-order valence-corrected chi connectivity index (χ2v) is 5.73. The third-order valence-corrected chi connectivity index (χ3v) is 4.10. The Morgan fingerprint density at radius 2 is 1.77 bits per heavy atom. The summed E-state index contributed by atoms with van der Waals surface area (Å²) in [7, 11) is 0. The van der Waals surface area contributed by atoms with Crippen LogP contribution in [0.25, 0.3) is 0 Å². The minimum absolute atomic E-state index is 0.143. The maximum absolute atomic E-state index is 11.9. The highest BCUT2D eigenvalue weighted by Crippen LogP contribution is 2.27. The number of rotatable bonds is 6. The van der Waals surface area contributed by atoms with Crippen molar-refractivity contribution in [3.05, 3.63) is 60.2 Å². The Bertz CT molecular complexity index is 603. The lowest BCUT2D eigenvalue weighted by molar-refractivity contribution is -0.122. The third kappa shape index (κ3) is 3.88. The monoisotopic (exact) mass is 295 g/mol. The number of hydrogen-bond acceptors (Lipinski definition) is 2. The molecule has 0 spiro atoms. The highest BCUT2D eigenvalue weighted by Gasteiger charge is 2.24. The van der Waals surface area contributed by atoms with Crippen molar-refractivity contribution < 1.29 is 9.53 Å². The summed E-state index contributed by atoms with van der Waals surface area (Å²) >= 11 is 0. The van der Waals surface area contributed by atoms with E-state index in [2.05, 4.69) is 17.4 Å². The molecular weight excluding hydrogens is 274 g/mol. The molecule has 0 heterocycles. The van der Waals surface area contributed by atoms with E-state index in [4.69, 9.17) is 4.74 Å². The second kappa shape index (κ2) is 7.12. The van der Waals surface area contributed by atoms with Crippen LogP contribution in [0.2, 0.25) is 0 Å². The SMILES string of the molecule is O=C(Nc1ccc(OCCc2ccccc2)cc1)C1CCC1. The fourth-order valence-electron chi connectivity index (χ4n) is 2.48. The molecule has 3 rings (SSSR count). The molecule has 0 bridgehead atoms. The van der Waals surface area contributed by atoms with E-state index in [1.54, 1.807) is 0 Å². The molecule has 0 unspecified atom stereocenters. The van der Waals surface area contributed by atoms with E-state index in [-0.39, 0.29) is 11.8 Å². The predicted octanol–water partition coefficient (Wildman–Crippen LogP) is 4.05. The van der Waals surface area contributed by atoms with Crippen LogP contribution in [0.3, 0.4) is 0 Å². The maximum atomic E-state index is 11.9. The van der Waals surface area contributed by atoms with E-state index in [1.807, 2.05) is 42.5 Å². The molecule has 114 valence electrons. The van der Waals surface area contributed by atoms with Gasteiger partial charge in [-0.05, 0) is 42.7 Å². The molecule has 1 amide bonds. The number of ether oxygens (including phenoxy) is 1. The summed E-state index contributed by atoms with van der Waals surface area (Å²) < 4.78 is 5.74. The van der Waals surface area contributed by atoms with Gasteiger partial charge in [0, 0.05) is 18.0 Å². The molecule has 1 saturated carbocycles. The molecule has 3 nitrogen and oxygen atoms in total. The van der Waals surface area contributed by atoms with Gasteiger partial charge in [-0.15, -0.1) is 0 Å². The Morgan fingerprint density at radius 3 is 2.41 bits per heavy atom. The van der Waals surface area contributed by atoms with Crippen LogP contribution >= 0.6 is 0 Å². The van der Waals surface area contributed by atoms with E-state index in [1.165, 1.54) is 12.0 Å². The number of nitrogens with one attached hydrogen (secondary N) is 1. The smallest absolute Gasteiger partial charge is 0.227 e. The summed E-state index contributed by atoms with van der Waals surface area (Å²) in [6, 6.07) is 17.9. The Kier molecular flexibility index (Phi) is 4.74. The average Bonchev–Trinajstić information content (AvgIpc) is 2.48. The summed E-state index contributed by atoms with van der Waals surface area (Å²) in [5.41, 5.74) is 2.11. The molecule has 0 aliphatic heterocycles. The highest BCUT2D eigenvalue weighted by atomic mass is 16.5. The summed E-state index contributed by atoms with van der Waals surface area (Å²) in [4.78, 5) is 11.9. The fourth-order valence-corrected chi connectivity index (χ4v) is 2.48. The number of carbonyl (C=O) groups excluding carboxylic acids is 1. The van der Waals surface area contributed by atoms with Crippen LogP contribution in [0.5, 0.6) is 5.75 Å². The van der Waals surface area contributed by atoms with Crippen LogP contribution < -0.4 is 10.1 Å². The Hall–Kier alpha value is -2.29. The van der Waals surface area contributed by atoms with E-state index < -0.39 is 0 Å². The molecule has 0 saturated heterocycles. The molecule has 0 atom stereocenters. The van der Waals surface area contributed by atoms with E-state index >= 15 is 0 Å². The van der Waals surface area contributed by atoms with Gasteiger partial charge < -0.3 is 10.1 Å². The van der Waals surface area contributed by atoms with Crippen molar-refractivity contribution in [3.63, 3.8) is 0 Å². The maximum Gasteiger partial charge on any atom is 0.227 e. The van der Waals surface area contributed by atoms with E-state index in [0.717, 1.165) is 30.7 Å². The highest BCUT2D eigenvalue weighted by molar-refractivity contribution is 5.93. The first-order valence-electron chi connectivity index (χ1n) is 7.89. The fraction of sp³-hybridized carbons (Fsp3) is 0.316. The second-order valence-electron chi connectivity index (χ2n) is 5.73. The molecule has 0 aromatic heterocycles. The summed E-state index contributed by atoms with van der Waals surface area (Å²) in [5, 5.41) is 2.96. The standard InChI is InChI=1S/C19H21NO2/c21-19(16-7-4-8-16)20-17-9-11-18(12-10-17)22-14-13-15-5-2-1-3-6-15/h1-3,5-6,9-12,16H,4,7-8,13-14H2,(H,20,21). The first-order chi connectivity index (χ1) is 10.8. The number of carbonyl (C=O) groups is 1. The van der Waals surface area contributed by atoms with Crippen molar-refractivity contribution in [2.75, 3.05) is 11.9 Å². The summed E-state index contributed by atoms with van der Waals surface area (Å²) in [5.74, 6) is 1.18. The molecular formula is C19H21NO2. The van der Waals surface area contributed by atoms with Gasteiger partial charge in [0.1, 0.15) is 5.75 Å². The molecule has 1 aliphatic rings. The van der Waals surface area contributed by atoms with Crippen LogP contribution in [-0.2, 0) is 11.2 Å². The largest absolute Gasteiger partial charge is 0.493 e. The lowest BCUT2D eigenvalue weighted by Crippen LogP contribution is -2.27. The predicted molar refractivity (Wildman–Crippen MR) is 88.1 cm³/mol. The van der Waals surface area contributed by atoms with Gasteiger partial charge in [0.05, 0.1) is 6.61 Å². The van der Waals surface area contributed by atoms with Crippen LogP contribution in [0.4, 0.5) is 5.69 Å². The molecule has 2 aromatic rings. The topological polar surface area (TPSA) is 38.3 Å². The Morgan fingerprint density at radius 1 is 1.05 bits per heavy atom. The zero-order valence-corrected chi connectivity index (χ0v) is 12.6. The lowest BCUT2D eigenvalue weighted by Gasteiger charge is -2.24. The van der Waals surface area contributed by atoms with Gasteiger partial charge in [0.15, 0.2) is 0 Å². The van der Waals surface area contributed by atoms with Crippen LogP contribution in [-0.4, -0.2) is 12.5 Å². The summed E-state index contributed by atoms with van der Waals surface area (Å²) in [6.07, 6.45) is 4.10. The number of benzene rings is 2. The van der Waals surface area contributed by atoms with Crippen molar-refractivity contribution in [2.45, 2.75) is 25.7 Å². The quantitative estimate of drug-likeness (QED) is 0.873. The molecule has 0 radical (unpaired) electrons. The van der Waals surface area contributed by atoms with Crippen molar-refractivity contribution in [2.24, 2.45) is 5.92 Å². The van der Waals surface area contributed by atoms with Gasteiger partial charge in [-0.1, -0.05) is 36.8 Å². The normalized spacial score (nSPS) is 14.2. The van der Waals surface area contributed by atoms with Gasteiger partial charge in [0.25, 0.3) is 0 Å². The number of hydrogen-bond donors (Lipinski definition) is 1. The van der Waals surface area contributed by atoms with Gasteiger partial charge in [0.2, 0.25) is 5.91 Å². The summed E-state index contributed by atoms with van der Waals surface area (Å²) in [6.45, 7) is 0.651. The molecule has 1 N–H and O–H groups in total. The number of amides is 1. The molecule has 1 fully saturated rings. The Labute approximate surface area is 131 Å². The van der Waals surface area contributed by atoms with E-state index in [0.29, 0.717) is 6.61 Å². The van der Waals surface area contributed by atoms with Crippen molar-refractivity contribution in [1.82, 2.24) is 0 Å². The van der Waals surface area contributed by atoms with Crippen LogP contribution in [0.1, 0.15) is 24.8 Å². The first kappa shape index (κ1) is 14.6. The van der Waals surface area contributed by atoms with Crippen LogP contribution in [0.15, 0.2) is 54.6 Å². The molecule has 3 heteroatoms. The molecule has 22 heavy (non-hydrogen) atoms. The van der Waals surface area contributed by atoms with Crippen LogP contribution in [0, 0.1) is 5.92 Å².